The Balaban J connectivity index is 1.88. The second-order valence-electron chi connectivity index (χ2n) is 5.29. The van der Waals surface area contributed by atoms with E-state index >= 15 is 0 Å². The third-order valence-electron chi connectivity index (χ3n) is 3.74. The minimum atomic E-state index is 0.230. The zero-order valence-corrected chi connectivity index (χ0v) is 12.6. The Kier molecular flexibility index (Phi) is 4.37. The zero-order chi connectivity index (χ0) is 15.4. The first-order chi connectivity index (χ1) is 10.8. The van der Waals surface area contributed by atoms with Crippen molar-refractivity contribution in [3.63, 3.8) is 0 Å². The van der Waals surface area contributed by atoms with Crippen molar-refractivity contribution in [1.29, 1.82) is 0 Å². The van der Waals surface area contributed by atoms with Crippen LogP contribution in [0.1, 0.15) is 43.1 Å². The molecule has 116 valence electrons. The lowest BCUT2D eigenvalue weighted by atomic mass is 10.1. The van der Waals surface area contributed by atoms with Crippen molar-refractivity contribution in [1.82, 2.24) is 15.0 Å². The maximum atomic E-state index is 11.3. The first-order valence-electron chi connectivity index (χ1n) is 7.62. The number of hydrogen-bond acceptors (Lipinski definition) is 5. The standard InChI is InChI=1S/C16H19N3O3/c1-2-3-4-5-8-19-16(13(10-20)17-18-19)12-6-7-14-15(9-12)22-11-21-14/h6-7,9-10H,2-5,8,11H2,1H3. The van der Waals surface area contributed by atoms with Gasteiger partial charge in [-0.1, -0.05) is 31.4 Å². The number of carbonyl (C=O) groups is 1. The van der Waals surface area contributed by atoms with Gasteiger partial charge in [-0.3, -0.25) is 4.79 Å². The van der Waals surface area contributed by atoms with E-state index in [1.807, 2.05) is 18.2 Å². The first-order valence-corrected chi connectivity index (χ1v) is 7.62. The topological polar surface area (TPSA) is 66.2 Å². The van der Waals surface area contributed by atoms with E-state index in [9.17, 15) is 4.79 Å². The summed E-state index contributed by atoms with van der Waals surface area (Å²) in [6, 6.07) is 5.62. The zero-order valence-electron chi connectivity index (χ0n) is 12.6. The number of ether oxygens (including phenoxy) is 2. The Morgan fingerprint density at radius 1 is 1.23 bits per heavy atom. The average molecular weight is 301 g/mol. The largest absolute Gasteiger partial charge is 0.454 e. The lowest BCUT2D eigenvalue weighted by molar-refractivity contribution is 0.111. The number of benzene rings is 1. The van der Waals surface area contributed by atoms with Gasteiger partial charge in [0.05, 0.1) is 5.69 Å². The van der Waals surface area contributed by atoms with Gasteiger partial charge in [-0.25, -0.2) is 4.68 Å². The maximum absolute atomic E-state index is 11.3. The predicted octanol–water partition coefficient (Wildman–Crippen LogP) is 3.07. The Hall–Kier alpha value is -2.37. The number of nitrogens with zero attached hydrogens (tertiary/aromatic N) is 3. The molecule has 0 radical (unpaired) electrons. The molecule has 0 fully saturated rings. The number of aryl methyl sites for hydroxylation is 1. The molecule has 0 atom stereocenters. The van der Waals surface area contributed by atoms with Crippen molar-refractivity contribution in [3.8, 4) is 22.8 Å². The van der Waals surface area contributed by atoms with E-state index in [0.29, 0.717) is 11.4 Å². The van der Waals surface area contributed by atoms with Crippen molar-refractivity contribution in [3.05, 3.63) is 23.9 Å². The van der Waals surface area contributed by atoms with E-state index in [4.69, 9.17) is 9.47 Å². The molecule has 2 heterocycles. The van der Waals surface area contributed by atoms with Crippen LogP contribution in [0.2, 0.25) is 0 Å². The van der Waals surface area contributed by atoms with Gasteiger partial charge in [-0.2, -0.15) is 0 Å². The highest BCUT2D eigenvalue weighted by atomic mass is 16.7. The molecule has 1 aromatic carbocycles. The maximum Gasteiger partial charge on any atom is 0.231 e. The Labute approximate surface area is 129 Å². The molecule has 0 saturated carbocycles. The number of aldehydes is 1. The van der Waals surface area contributed by atoms with E-state index < -0.39 is 0 Å². The number of carbonyl (C=O) groups excluding carboxylic acids is 1. The second kappa shape index (κ2) is 6.60. The molecule has 0 amide bonds. The second-order valence-corrected chi connectivity index (χ2v) is 5.29. The molecule has 0 aliphatic carbocycles. The normalized spacial score (nSPS) is 12.6. The van der Waals surface area contributed by atoms with E-state index in [1.54, 1.807) is 4.68 Å². The van der Waals surface area contributed by atoms with Crippen LogP contribution in [0.25, 0.3) is 11.3 Å². The fourth-order valence-corrected chi connectivity index (χ4v) is 2.59. The van der Waals surface area contributed by atoms with E-state index in [1.165, 1.54) is 12.8 Å². The highest BCUT2D eigenvalue weighted by molar-refractivity contribution is 5.83. The number of aromatic nitrogens is 3. The van der Waals surface area contributed by atoms with Crippen LogP contribution in [0.15, 0.2) is 18.2 Å². The van der Waals surface area contributed by atoms with Crippen molar-refractivity contribution >= 4 is 6.29 Å². The molecule has 6 nitrogen and oxygen atoms in total. The molecule has 0 unspecified atom stereocenters. The van der Waals surface area contributed by atoms with Gasteiger partial charge >= 0.3 is 0 Å². The fraction of sp³-hybridized carbons (Fsp3) is 0.438. The summed E-state index contributed by atoms with van der Waals surface area (Å²) in [7, 11) is 0. The Bertz CT molecular complexity index is 667. The highest BCUT2D eigenvalue weighted by Gasteiger charge is 2.19. The summed E-state index contributed by atoms with van der Waals surface area (Å²) >= 11 is 0. The minimum absolute atomic E-state index is 0.230. The van der Waals surface area contributed by atoms with Crippen molar-refractivity contribution < 1.29 is 14.3 Å². The molecule has 0 N–H and O–H groups in total. The van der Waals surface area contributed by atoms with Crippen molar-refractivity contribution in [2.45, 2.75) is 39.2 Å². The van der Waals surface area contributed by atoms with Crippen molar-refractivity contribution in [2.24, 2.45) is 0 Å². The van der Waals surface area contributed by atoms with E-state index in [2.05, 4.69) is 17.2 Å². The van der Waals surface area contributed by atoms with Crippen LogP contribution in [0.5, 0.6) is 11.5 Å². The van der Waals surface area contributed by atoms with Crippen molar-refractivity contribution in [2.75, 3.05) is 6.79 Å². The van der Waals surface area contributed by atoms with Crippen LogP contribution in [0, 0.1) is 0 Å². The summed E-state index contributed by atoms with van der Waals surface area (Å²) in [5.41, 5.74) is 1.96. The molecule has 0 saturated heterocycles. The van der Waals surface area contributed by atoms with Gasteiger partial charge < -0.3 is 9.47 Å². The van der Waals surface area contributed by atoms with Gasteiger partial charge in [0, 0.05) is 12.1 Å². The van der Waals surface area contributed by atoms with E-state index in [-0.39, 0.29) is 6.79 Å². The molecule has 3 rings (SSSR count). The quantitative estimate of drug-likeness (QED) is 0.581. The molecule has 22 heavy (non-hydrogen) atoms. The molecule has 1 aromatic heterocycles. The molecule has 1 aliphatic rings. The molecule has 2 aromatic rings. The molecule has 1 aliphatic heterocycles. The monoisotopic (exact) mass is 301 g/mol. The molecule has 6 heteroatoms. The van der Waals surface area contributed by atoms with Gasteiger partial charge in [0.25, 0.3) is 0 Å². The number of unbranched alkanes of at least 4 members (excludes halogenated alkanes) is 3. The molecular weight excluding hydrogens is 282 g/mol. The van der Waals surface area contributed by atoms with Crippen LogP contribution < -0.4 is 9.47 Å². The summed E-state index contributed by atoms with van der Waals surface area (Å²) in [4.78, 5) is 11.3. The Morgan fingerprint density at radius 3 is 2.91 bits per heavy atom. The summed E-state index contributed by atoms with van der Waals surface area (Å²) in [6.07, 6.45) is 5.30. The molecule has 0 bridgehead atoms. The fourth-order valence-electron chi connectivity index (χ4n) is 2.59. The van der Waals surface area contributed by atoms with E-state index in [0.717, 1.165) is 42.7 Å². The number of hydrogen-bond donors (Lipinski definition) is 0. The van der Waals surface area contributed by atoms with Crippen LogP contribution in [0.3, 0.4) is 0 Å². The van der Waals surface area contributed by atoms with Gasteiger partial charge in [-0.15, -0.1) is 5.10 Å². The van der Waals surface area contributed by atoms with Gasteiger partial charge in [0.15, 0.2) is 23.5 Å². The molecular formula is C16H19N3O3. The lowest BCUT2D eigenvalue weighted by Crippen LogP contribution is -2.03. The lowest BCUT2D eigenvalue weighted by Gasteiger charge is -2.07. The third kappa shape index (κ3) is 2.81. The smallest absolute Gasteiger partial charge is 0.231 e. The summed E-state index contributed by atoms with van der Waals surface area (Å²) in [6.45, 7) is 3.16. The van der Waals surface area contributed by atoms with Gasteiger partial charge in [0.2, 0.25) is 6.79 Å². The summed E-state index contributed by atoms with van der Waals surface area (Å²) < 4.78 is 12.5. The van der Waals surface area contributed by atoms with Crippen LogP contribution >= 0.6 is 0 Å². The average Bonchev–Trinajstić information content (AvgIpc) is 3.16. The summed E-state index contributed by atoms with van der Waals surface area (Å²) in [5.74, 6) is 1.41. The third-order valence-corrected chi connectivity index (χ3v) is 3.74. The highest BCUT2D eigenvalue weighted by Crippen LogP contribution is 2.36. The number of fused-ring (bicyclic) bond motifs is 1. The van der Waals surface area contributed by atoms with Crippen LogP contribution in [0.4, 0.5) is 0 Å². The summed E-state index contributed by atoms with van der Waals surface area (Å²) in [5, 5.41) is 8.09. The van der Waals surface area contributed by atoms with Crippen LogP contribution in [-0.2, 0) is 6.54 Å². The SMILES string of the molecule is CCCCCCn1nnc(C=O)c1-c1ccc2c(c1)OCO2. The number of rotatable bonds is 7. The first kappa shape index (κ1) is 14.6. The molecule has 0 spiro atoms. The minimum Gasteiger partial charge on any atom is -0.454 e. The van der Waals surface area contributed by atoms with Crippen LogP contribution in [-0.4, -0.2) is 28.1 Å². The van der Waals surface area contributed by atoms with Gasteiger partial charge in [-0.05, 0) is 24.6 Å². The Morgan fingerprint density at radius 2 is 2.09 bits per heavy atom. The predicted molar refractivity (Wildman–Crippen MR) is 81.1 cm³/mol. The van der Waals surface area contributed by atoms with Gasteiger partial charge in [0.1, 0.15) is 0 Å².